The number of rotatable bonds is 6. The van der Waals surface area contributed by atoms with Crippen LogP contribution in [-0.2, 0) is 9.53 Å². The normalized spacial score (nSPS) is 28.4. The molecule has 0 aromatic heterocycles. The molecule has 2 unspecified atom stereocenters. The van der Waals surface area contributed by atoms with Crippen molar-refractivity contribution < 1.29 is 18.3 Å². The number of carbonyl (C=O) groups is 1. The fourth-order valence-corrected chi connectivity index (χ4v) is 3.43. The topological polar surface area (TPSA) is 29.5 Å². The summed E-state index contributed by atoms with van der Waals surface area (Å²) in [6, 6.07) is -0.575. The minimum atomic E-state index is -2.60. The first-order valence-corrected chi connectivity index (χ1v) is 7.80. The number of carbonyl (C=O) groups excluding carboxylic acids is 1. The molecule has 0 N–H and O–H groups in total. The lowest BCUT2D eigenvalue weighted by molar-refractivity contribution is -0.161. The number of alkyl halides is 2. The summed E-state index contributed by atoms with van der Waals surface area (Å²) in [5, 5.41) is 0. The van der Waals surface area contributed by atoms with Gasteiger partial charge < -0.3 is 9.64 Å². The Labute approximate surface area is 119 Å². The minimum Gasteiger partial charge on any atom is -0.372 e. The molecule has 0 spiro atoms. The van der Waals surface area contributed by atoms with Crippen molar-refractivity contribution in [3.8, 4) is 0 Å². The highest BCUT2D eigenvalue weighted by Crippen LogP contribution is 2.41. The SMILES string of the molecule is CCCCCOCC(=O)N1C2CCCC1CC(F)(F)C2. The third-order valence-electron chi connectivity index (χ3n) is 4.34. The molecule has 1 amide bonds. The number of fused-ring (bicyclic) bond motifs is 2. The van der Waals surface area contributed by atoms with Crippen molar-refractivity contribution in [2.45, 2.75) is 76.3 Å². The van der Waals surface area contributed by atoms with Gasteiger partial charge in [-0.05, 0) is 25.7 Å². The smallest absolute Gasteiger partial charge is 0.252 e. The third kappa shape index (κ3) is 3.90. The van der Waals surface area contributed by atoms with Crippen LogP contribution in [-0.4, -0.2) is 42.0 Å². The Kier molecular flexibility index (Phi) is 5.35. The van der Waals surface area contributed by atoms with Crippen molar-refractivity contribution in [1.82, 2.24) is 4.90 Å². The molecule has 0 aromatic rings. The van der Waals surface area contributed by atoms with Crippen LogP contribution in [0.4, 0.5) is 8.78 Å². The number of unbranched alkanes of at least 4 members (excludes halogenated alkanes) is 2. The van der Waals surface area contributed by atoms with Gasteiger partial charge in [0.05, 0.1) is 0 Å². The van der Waals surface area contributed by atoms with Gasteiger partial charge in [-0.25, -0.2) is 8.78 Å². The summed E-state index contributed by atoms with van der Waals surface area (Å²) in [4.78, 5) is 13.9. The summed E-state index contributed by atoms with van der Waals surface area (Å²) in [7, 11) is 0. The van der Waals surface area contributed by atoms with E-state index in [-0.39, 0.29) is 37.4 Å². The van der Waals surface area contributed by atoms with Crippen molar-refractivity contribution in [2.75, 3.05) is 13.2 Å². The first-order valence-electron chi connectivity index (χ1n) is 7.80. The molecule has 2 atom stereocenters. The molecule has 0 saturated carbocycles. The maximum absolute atomic E-state index is 13.6. The van der Waals surface area contributed by atoms with Gasteiger partial charge in [0.15, 0.2) is 0 Å². The molecule has 116 valence electrons. The van der Waals surface area contributed by atoms with Gasteiger partial charge in [-0.1, -0.05) is 19.8 Å². The molecule has 0 aliphatic carbocycles. The molecule has 2 heterocycles. The van der Waals surface area contributed by atoms with Crippen molar-refractivity contribution in [2.24, 2.45) is 0 Å². The van der Waals surface area contributed by atoms with Gasteiger partial charge in [0.1, 0.15) is 6.61 Å². The predicted octanol–water partition coefficient (Wildman–Crippen LogP) is 3.37. The second-order valence-electron chi connectivity index (χ2n) is 6.06. The average molecular weight is 289 g/mol. The molecule has 2 bridgehead atoms. The second kappa shape index (κ2) is 6.83. The number of amides is 1. The van der Waals surface area contributed by atoms with E-state index in [0.29, 0.717) is 19.4 Å². The predicted molar refractivity (Wildman–Crippen MR) is 72.8 cm³/mol. The van der Waals surface area contributed by atoms with E-state index in [4.69, 9.17) is 4.74 Å². The maximum Gasteiger partial charge on any atom is 0.252 e. The molecule has 2 fully saturated rings. The summed E-state index contributed by atoms with van der Waals surface area (Å²) < 4.78 is 32.6. The number of nitrogens with zero attached hydrogens (tertiary/aromatic N) is 1. The maximum atomic E-state index is 13.6. The molecular formula is C15H25F2NO2. The van der Waals surface area contributed by atoms with E-state index in [1.807, 2.05) is 0 Å². The Morgan fingerprint density at radius 3 is 2.50 bits per heavy atom. The summed E-state index contributed by atoms with van der Waals surface area (Å²) in [5.74, 6) is -2.71. The highest BCUT2D eigenvalue weighted by Gasteiger charge is 2.48. The van der Waals surface area contributed by atoms with Crippen LogP contribution < -0.4 is 0 Å². The molecular weight excluding hydrogens is 264 g/mol. The van der Waals surface area contributed by atoms with E-state index in [0.717, 1.165) is 25.7 Å². The fraction of sp³-hybridized carbons (Fsp3) is 0.933. The number of halogens is 2. The van der Waals surface area contributed by atoms with Gasteiger partial charge in [-0.15, -0.1) is 0 Å². The first kappa shape index (κ1) is 15.7. The number of piperidine rings is 2. The van der Waals surface area contributed by atoms with Crippen molar-refractivity contribution in [1.29, 1.82) is 0 Å². The van der Waals surface area contributed by atoms with E-state index in [2.05, 4.69) is 6.92 Å². The Bertz CT molecular complexity index is 320. The van der Waals surface area contributed by atoms with Crippen LogP contribution in [0.3, 0.4) is 0 Å². The van der Waals surface area contributed by atoms with Gasteiger partial charge in [0.2, 0.25) is 5.91 Å². The van der Waals surface area contributed by atoms with Crippen molar-refractivity contribution in [3.05, 3.63) is 0 Å². The van der Waals surface area contributed by atoms with Crippen LogP contribution in [0.2, 0.25) is 0 Å². The van der Waals surface area contributed by atoms with E-state index < -0.39 is 5.92 Å². The third-order valence-corrected chi connectivity index (χ3v) is 4.34. The first-order chi connectivity index (χ1) is 9.53. The lowest BCUT2D eigenvalue weighted by Crippen LogP contribution is -2.58. The van der Waals surface area contributed by atoms with Crippen LogP contribution in [0.1, 0.15) is 58.3 Å². The molecule has 2 aliphatic heterocycles. The Morgan fingerprint density at radius 2 is 1.90 bits per heavy atom. The summed E-state index contributed by atoms with van der Waals surface area (Å²) in [6.07, 6.45) is 5.16. The van der Waals surface area contributed by atoms with Crippen molar-refractivity contribution in [3.63, 3.8) is 0 Å². The largest absolute Gasteiger partial charge is 0.372 e. The standard InChI is InChI=1S/C15H25F2NO2/c1-2-3-4-8-20-11-14(19)18-12-6-5-7-13(18)10-15(16,17)9-12/h12-13H,2-11H2,1H3. The zero-order chi connectivity index (χ0) is 14.6. The fourth-order valence-electron chi connectivity index (χ4n) is 3.43. The van der Waals surface area contributed by atoms with E-state index in [1.54, 1.807) is 4.90 Å². The molecule has 5 heteroatoms. The highest BCUT2D eigenvalue weighted by molar-refractivity contribution is 5.78. The quantitative estimate of drug-likeness (QED) is 0.702. The number of hydrogen-bond acceptors (Lipinski definition) is 2. The summed E-state index contributed by atoms with van der Waals surface area (Å²) in [6.45, 7) is 2.74. The van der Waals surface area contributed by atoms with Crippen LogP contribution in [0, 0.1) is 0 Å². The molecule has 20 heavy (non-hydrogen) atoms. The van der Waals surface area contributed by atoms with Crippen LogP contribution in [0.15, 0.2) is 0 Å². The molecule has 2 rings (SSSR count). The number of ether oxygens (including phenoxy) is 1. The Hall–Kier alpha value is -0.710. The molecule has 2 saturated heterocycles. The van der Waals surface area contributed by atoms with Crippen LogP contribution >= 0.6 is 0 Å². The lowest BCUT2D eigenvalue weighted by atomic mass is 9.82. The van der Waals surface area contributed by atoms with Crippen LogP contribution in [0.5, 0.6) is 0 Å². The van der Waals surface area contributed by atoms with Gasteiger partial charge in [0.25, 0.3) is 5.92 Å². The highest BCUT2D eigenvalue weighted by atomic mass is 19.3. The van der Waals surface area contributed by atoms with E-state index in [1.165, 1.54) is 0 Å². The molecule has 3 nitrogen and oxygen atoms in total. The van der Waals surface area contributed by atoms with Crippen LogP contribution in [0.25, 0.3) is 0 Å². The zero-order valence-electron chi connectivity index (χ0n) is 12.2. The number of hydrogen-bond donors (Lipinski definition) is 0. The molecule has 2 aliphatic rings. The van der Waals surface area contributed by atoms with Gasteiger partial charge in [-0.3, -0.25) is 4.79 Å². The van der Waals surface area contributed by atoms with Gasteiger partial charge in [0, 0.05) is 31.5 Å². The average Bonchev–Trinajstić information content (AvgIpc) is 2.36. The summed E-state index contributed by atoms with van der Waals surface area (Å²) >= 11 is 0. The lowest BCUT2D eigenvalue weighted by Gasteiger charge is -2.48. The second-order valence-corrected chi connectivity index (χ2v) is 6.06. The Balaban J connectivity index is 1.83. The summed E-state index contributed by atoms with van der Waals surface area (Å²) in [5.41, 5.74) is 0. The monoisotopic (exact) mass is 289 g/mol. The molecule has 0 aromatic carbocycles. The van der Waals surface area contributed by atoms with Gasteiger partial charge in [-0.2, -0.15) is 0 Å². The van der Waals surface area contributed by atoms with Gasteiger partial charge >= 0.3 is 0 Å². The van der Waals surface area contributed by atoms with E-state index >= 15 is 0 Å². The molecule has 0 radical (unpaired) electrons. The van der Waals surface area contributed by atoms with Crippen molar-refractivity contribution >= 4 is 5.91 Å². The van der Waals surface area contributed by atoms with E-state index in [9.17, 15) is 13.6 Å². The Morgan fingerprint density at radius 1 is 1.25 bits per heavy atom. The minimum absolute atomic E-state index is 0.0439. The zero-order valence-corrected chi connectivity index (χ0v) is 12.2.